The summed E-state index contributed by atoms with van der Waals surface area (Å²) in [4.78, 5) is 4.17. The molecule has 0 aliphatic rings. The summed E-state index contributed by atoms with van der Waals surface area (Å²) >= 11 is 6.05. The van der Waals surface area contributed by atoms with Crippen molar-refractivity contribution in [2.45, 2.75) is 27.4 Å². The minimum absolute atomic E-state index is 0.434. The molecule has 0 bridgehead atoms. The molecule has 1 aromatic heterocycles. The predicted molar refractivity (Wildman–Crippen MR) is 76.1 cm³/mol. The van der Waals surface area contributed by atoms with Crippen molar-refractivity contribution in [2.24, 2.45) is 0 Å². The van der Waals surface area contributed by atoms with Crippen molar-refractivity contribution in [3.05, 3.63) is 58.9 Å². The molecule has 2 nitrogen and oxygen atoms in total. The van der Waals surface area contributed by atoms with Crippen LogP contribution in [-0.2, 0) is 6.61 Å². The van der Waals surface area contributed by atoms with Gasteiger partial charge >= 0.3 is 0 Å². The quantitative estimate of drug-likeness (QED) is 0.804. The van der Waals surface area contributed by atoms with Crippen LogP contribution in [0.1, 0.15) is 25.1 Å². The third-order valence-corrected chi connectivity index (χ3v) is 2.48. The highest BCUT2D eigenvalue weighted by molar-refractivity contribution is 6.32. The summed E-state index contributed by atoms with van der Waals surface area (Å²) in [5, 5.41) is 0.635. The second-order valence-corrected chi connectivity index (χ2v) is 3.95. The Morgan fingerprint density at radius 1 is 1.17 bits per heavy atom. The van der Waals surface area contributed by atoms with E-state index in [1.165, 1.54) is 0 Å². The fourth-order valence-corrected chi connectivity index (χ4v) is 1.65. The van der Waals surface area contributed by atoms with Crippen molar-refractivity contribution in [3.8, 4) is 5.75 Å². The highest BCUT2D eigenvalue weighted by atomic mass is 35.5. The first-order chi connectivity index (χ1) is 8.75. The molecule has 0 atom stereocenters. The van der Waals surface area contributed by atoms with Crippen molar-refractivity contribution in [2.75, 3.05) is 0 Å². The zero-order valence-corrected chi connectivity index (χ0v) is 11.7. The van der Waals surface area contributed by atoms with E-state index in [0.29, 0.717) is 17.4 Å². The molecule has 0 unspecified atom stereocenters. The van der Waals surface area contributed by atoms with Gasteiger partial charge in [-0.2, -0.15) is 0 Å². The van der Waals surface area contributed by atoms with Crippen molar-refractivity contribution in [1.29, 1.82) is 0 Å². The van der Waals surface area contributed by atoms with E-state index in [4.69, 9.17) is 16.3 Å². The highest BCUT2D eigenvalue weighted by Crippen LogP contribution is 2.25. The van der Waals surface area contributed by atoms with Gasteiger partial charge in [-0.25, -0.2) is 0 Å². The second-order valence-electron chi connectivity index (χ2n) is 3.54. The Hall–Kier alpha value is -1.54. The van der Waals surface area contributed by atoms with E-state index in [0.717, 1.165) is 11.3 Å². The van der Waals surface area contributed by atoms with Crippen LogP contribution in [0.25, 0.3) is 0 Å². The normalized spacial score (nSPS) is 9.33. The average molecular weight is 264 g/mol. The first-order valence-corrected chi connectivity index (χ1v) is 6.42. The second kappa shape index (κ2) is 7.72. The number of rotatable bonds is 3. The lowest BCUT2D eigenvalue weighted by atomic mass is 10.2. The number of pyridine rings is 1. The van der Waals surface area contributed by atoms with Crippen LogP contribution in [-0.4, -0.2) is 4.98 Å². The molecule has 18 heavy (non-hydrogen) atoms. The summed E-state index contributed by atoms with van der Waals surface area (Å²) in [5.74, 6) is 0.693. The lowest BCUT2D eigenvalue weighted by Crippen LogP contribution is -1.97. The van der Waals surface area contributed by atoms with E-state index in [9.17, 15) is 0 Å². The number of aromatic nitrogens is 1. The summed E-state index contributed by atoms with van der Waals surface area (Å²) < 4.78 is 5.58. The fourth-order valence-electron chi connectivity index (χ4n) is 1.36. The predicted octanol–water partition coefficient (Wildman–Crippen LogP) is 4.65. The topological polar surface area (TPSA) is 22.1 Å². The maximum absolute atomic E-state index is 6.05. The molecule has 0 saturated heterocycles. The zero-order valence-electron chi connectivity index (χ0n) is 11.0. The van der Waals surface area contributed by atoms with Gasteiger partial charge in [0.2, 0.25) is 0 Å². The number of benzene rings is 1. The van der Waals surface area contributed by atoms with Gasteiger partial charge in [0.05, 0.1) is 10.7 Å². The number of halogens is 1. The maximum Gasteiger partial charge on any atom is 0.138 e. The standard InChI is InChI=1S/C13H12ClNO.C2H6/c1-10-5-6-13(12(14)8-10)16-9-11-4-2-3-7-15-11;1-2/h2-8H,9H2,1H3;1-2H3. The van der Waals surface area contributed by atoms with E-state index < -0.39 is 0 Å². The van der Waals surface area contributed by atoms with E-state index in [-0.39, 0.29) is 0 Å². The van der Waals surface area contributed by atoms with Crippen LogP contribution in [0, 0.1) is 6.92 Å². The molecule has 0 fully saturated rings. The minimum atomic E-state index is 0.434. The van der Waals surface area contributed by atoms with Gasteiger partial charge in [-0.1, -0.05) is 37.6 Å². The molecule has 0 N–H and O–H groups in total. The molecule has 96 valence electrons. The molecular weight excluding hydrogens is 246 g/mol. The van der Waals surface area contributed by atoms with Crippen LogP contribution < -0.4 is 4.74 Å². The molecule has 0 radical (unpaired) electrons. The van der Waals surface area contributed by atoms with Crippen LogP contribution in [0.4, 0.5) is 0 Å². The van der Waals surface area contributed by atoms with Crippen LogP contribution in [0.15, 0.2) is 42.6 Å². The van der Waals surface area contributed by atoms with Gasteiger partial charge in [0.15, 0.2) is 0 Å². The monoisotopic (exact) mass is 263 g/mol. The van der Waals surface area contributed by atoms with Gasteiger partial charge in [-0.05, 0) is 36.8 Å². The number of aryl methyl sites for hydroxylation is 1. The Morgan fingerprint density at radius 2 is 1.94 bits per heavy atom. The van der Waals surface area contributed by atoms with Crippen molar-refractivity contribution >= 4 is 11.6 Å². The molecular formula is C15H18ClNO. The number of hydrogen-bond acceptors (Lipinski definition) is 2. The summed E-state index contributed by atoms with van der Waals surface area (Å²) in [6.45, 7) is 6.43. The summed E-state index contributed by atoms with van der Waals surface area (Å²) in [6, 6.07) is 11.5. The SMILES string of the molecule is CC.Cc1ccc(OCc2ccccn2)c(Cl)c1. The third kappa shape index (κ3) is 4.38. The molecule has 2 aromatic rings. The Balaban J connectivity index is 0.000000771. The summed E-state index contributed by atoms with van der Waals surface area (Å²) in [6.07, 6.45) is 1.75. The molecule has 0 saturated carbocycles. The summed E-state index contributed by atoms with van der Waals surface area (Å²) in [7, 11) is 0. The Bertz CT molecular complexity index is 471. The van der Waals surface area contributed by atoms with Crippen LogP contribution >= 0.6 is 11.6 Å². The van der Waals surface area contributed by atoms with Crippen LogP contribution in [0.3, 0.4) is 0 Å². The van der Waals surface area contributed by atoms with Gasteiger partial charge < -0.3 is 4.74 Å². The summed E-state index contributed by atoms with van der Waals surface area (Å²) in [5.41, 5.74) is 2.01. The Kier molecular flexibility index (Phi) is 6.23. The lowest BCUT2D eigenvalue weighted by molar-refractivity contribution is 0.301. The molecule has 0 amide bonds. The first-order valence-electron chi connectivity index (χ1n) is 6.04. The van der Waals surface area contributed by atoms with Crippen LogP contribution in [0.5, 0.6) is 5.75 Å². The third-order valence-electron chi connectivity index (χ3n) is 2.19. The zero-order chi connectivity index (χ0) is 13.4. The van der Waals surface area contributed by atoms with E-state index in [1.54, 1.807) is 6.20 Å². The van der Waals surface area contributed by atoms with Crippen LogP contribution in [0.2, 0.25) is 5.02 Å². The van der Waals surface area contributed by atoms with Gasteiger partial charge in [-0.3, -0.25) is 4.98 Å². The number of nitrogens with zero attached hydrogens (tertiary/aromatic N) is 1. The van der Waals surface area contributed by atoms with Crippen molar-refractivity contribution < 1.29 is 4.74 Å². The first kappa shape index (κ1) is 14.5. The molecule has 0 aliphatic heterocycles. The maximum atomic E-state index is 6.05. The average Bonchev–Trinajstić information content (AvgIpc) is 2.41. The molecule has 0 aliphatic carbocycles. The largest absolute Gasteiger partial charge is 0.486 e. The van der Waals surface area contributed by atoms with Gasteiger partial charge in [0.25, 0.3) is 0 Å². The highest BCUT2D eigenvalue weighted by Gasteiger charge is 2.02. The number of hydrogen-bond donors (Lipinski definition) is 0. The Morgan fingerprint density at radius 3 is 2.56 bits per heavy atom. The number of ether oxygens (including phenoxy) is 1. The van der Waals surface area contributed by atoms with Crippen molar-refractivity contribution in [3.63, 3.8) is 0 Å². The van der Waals surface area contributed by atoms with E-state index in [2.05, 4.69) is 4.98 Å². The Labute approximate surface area is 114 Å². The lowest BCUT2D eigenvalue weighted by Gasteiger charge is -2.07. The van der Waals surface area contributed by atoms with E-state index >= 15 is 0 Å². The smallest absolute Gasteiger partial charge is 0.138 e. The van der Waals surface area contributed by atoms with E-state index in [1.807, 2.05) is 57.2 Å². The minimum Gasteiger partial charge on any atom is -0.486 e. The molecule has 1 heterocycles. The van der Waals surface area contributed by atoms with Gasteiger partial charge in [-0.15, -0.1) is 0 Å². The molecule has 0 spiro atoms. The van der Waals surface area contributed by atoms with Gasteiger partial charge in [0.1, 0.15) is 12.4 Å². The molecule has 1 aromatic carbocycles. The molecule has 2 rings (SSSR count). The van der Waals surface area contributed by atoms with Crippen molar-refractivity contribution in [1.82, 2.24) is 4.98 Å². The van der Waals surface area contributed by atoms with Gasteiger partial charge in [0, 0.05) is 6.20 Å². The fraction of sp³-hybridized carbons (Fsp3) is 0.267. The molecule has 3 heteroatoms.